The Morgan fingerprint density at radius 1 is 1.06 bits per heavy atom. The molecule has 0 radical (unpaired) electrons. The summed E-state index contributed by atoms with van der Waals surface area (Å²) in [4.78, 5) is 50.6. The van der Waals surface area contributed by atoms with E-state index in [1.807, 2.05) is 0 Å². The number of esters is 1. The van der Waals surface area contributed by atoms with Crippen molar-refractivity contribution in [1.29, 1.82) is 0 Å². The predicted molar refractivity (Wildman–Crippen MR) is 120 cm³/mol. The van der Waals surface area contributed by atoms with Crippen molar-refractivity contribution in [3.8, 4) is 11.5 Å². The van der Waals surface area contributed by atoms with Gasteiger partial charge in [0, 0.05) is 12.6 Å². The van der Waals surface area contributed by atoms with Gasteiger partial charge in [-0.3, -0.25) is 4.79 Å². The van der Waals surface area contributed by atoms with Crippen molar-refractivity contribution in [1.82, 2.24) is 10.2 Å². The summed E-state index contributed by atoms with van der Waals surface area (Å²) in [5, 5.41) is 2.45. The van der Waals surface area contributed by atoms with Crippen LogP contribution in [-0.2, 0) is 19.0 Å². The fourth-order valence-corrected chi connectivity index (χ4v) is 2.89. The third kappa shape index (κ3) is 7.26. The molecule has 188 valence electrons. The zero-order valence-electron chi connectivity index (χ0n) is 20.5. The number of Topliss-reactive ketones (excluding diaryl/α,β-unsaturated/α-hetero) is 1. The van der Waals surface area contributed by atoms with Gasteiger partial charge in [-0.25, -0.2) is 14.4 Å². The van der Waals surface area contributed by atoms with Crippen LogP contribution in [0.4, 0.5) is 9.59 Å². The van der Waals surface area contributed by atoms with Gasteiger partial charge in [-0.1, -0.05) is 13.8 Å². The van der Waals surface area contributed by atoms with E-state index in [0.29, 0.717) is 17.1 Å². The largest absolute Gasteiger partial charge is 0.454 e. The smallest absolute Gasteiger partial charge is 0.413 e. The lowest BCUT2D eigenvalue weighted by atomic mass is 10.0. The van der Waals surface area contributed by atoms with E-state index >= 15 is 0 Å². The predicted octanol–water partition coefficient (Wildman–Crippen LogP) is 3.10. The monoisotopic (exact) mass is 480 g/mol. The van der Waals surface area contributed by atoms with Crippen LogP contribution in [0.25, 0.3) is 0 Å². The molecule has 0 saturated heterocycles. The molecule has 0 spiro atoms. The summed E-state index contributed by atoms with van der Waals surface area (Å²) in [5.74, 6) is -0.441. The quantitative estimate of drug-likeness (QED) is 0.339. The zero-order valence-corrected chi connectivity index (χ0v) is 20.5. The lowest BCUT2D eigenvalue weighted by Crippen LogP contribution is -2.47. The SMILES string of the molecule is CC(C)[C@H](NC(=O)OC(C)(C)C)C(=O)OCOC(=O)N(C)C(C)C(=O)c1ccc2c(c1)OCO2. The van der Waals surface area contributed by atoms with Gasteiger partial charge < -0.3 is 33.9 Å². The minimum absolute atomic E-state index is 0.0818. The number of nitrogens with zero attached hydrogens (tertiary/aromatic N) is 1. The number of likely N-dealkylation sites (N-methyl/N-ethyl adjacent to an activating group) is 1. The molecular formula is C23H32N2O9. The number of fused-ring (bicyclic) bond motifs is 1. The number of ether oxygens (including phenoxy) is 5. The second kappa shape index (κ2) is 11.1. The Bertz CT molecular complexity index is 924. The lowest BCUT2D eigenvalue weighted by molar-refractivity contribution is -0.156. The fourth-order valence-electron chi connectivity index (χ4n) is 2.89. The van der Waals surface area contributed by atoms with E-state index in [0.717, 1.165) is 4.90 Å². The Morgan fingerprint density at radius 3 is 2.32 bits per heavy atom. The maximum atomic E-state index is 12.8. The molecule has 1 aliphatic heterocycles. The first-order valence-electron chi connectivity index (χ1n) is 10.8. The summed E-state index contributed by atoms with van der Waals surface area (Å²) >= 11 is 0. The first kappa shape index (κ1) is 26.7. The zero-order chi connectivity index (χ0) is 25.6. The molecule has 1 aliphatic rings. The van der Waals surface area contributed by atoms with Crippen LogP contribution in [0.2, 0.25) is 0 Å². The number of nitrogens with one attached hydrogen (secondary N) is 1. The van der Waals surface area contributed by atoms with Gasteiger partial charge in [-0.05, 0) is 51.8 Å². The molecule has 1 N–H and O–H groups in total. The van der Waals surface area contributed by atoms with Crippen molar-refractivity contribution in [2.24, 2.45) is 5.92 Å². The molecule has 1 heterocycles. The van der Waals surface area contributed by atoms with Crippen LogP contribution in [0.1, 0.15) is 51.9 Å². The molecule has 1 aromatic carbocycles. The molecule has 0 bridgehead atoms. The van der Waals surface area contributed by atoms with Crippen molar-refractivity contribution < 1.29 is 42.9 Å². The molecule has 2 amide bonds. The van der Waals surface area contributed by atoms with E-state index in [2.05, 4.69) is 5.32 Å². The van der Waals surface area contributed by atoms with Gasteiger partial charge in [-0.15, -0.1) is 0 Å². The summed E-state index contributed by atoms with van der Waals surface area (Å²) in [5.41, 5.74) is -0.388. The van der Waals surface area contributed by atoms with Crippen LogP contribution in [0.3, 0.4) is 0 Å². The third-order valence-electron chi connectivity index (χ3n) is 4.88. The van der Waals surface area contributed by atoms with Crippen molar-refractivity contribution in [2.45, 2.75) is 59.2 Å². The molecule has 0 fully saturated rings. The topological polar surface area (TPSA) is 130 Å². The van der Waals surface area contributed by atoms with Crippen LogP contribution in [0.15, 0.2) is 18.2 Å². The average molecular weight is 481 g/mol. The number of carbonyl (C=O) groups excluding carboxylic acids is 4. The van der Waals surface area contributed by atoms with E-state index in [1.165, 1.54) is 7.05 Å². The minimum atomic E-state index is -1.00. The maximum Gasteiger partial charge on any atom is 0.413 e. The Labute approximate surface area is 198 Å². The van der Waals surface area contributed by atoms with Crippen LogP contribution in [0, 0.1) is 5.92 Å². The van der Waals surface area contributed by atoms with Gasteiger partial charge in [0.15, 0.2) is 17.3 Å². The van der Waals surface area contributed by atoms with Crippen LogP contribution in [0.5, 0.6) is 11.5 Å². The van der Waals surface area contributed by atoms with Gasteiger partial charge in [0.25, 0.3) is 0 Å². The fraction of sp³-hybridized carbons (Fsp3) is 0.565. The van der Waals surface area contributed by atoms with Gasteiger partial charge in [0.05, 0.1) is 6.04 Å². The molecule has 11 nitrogen and oxygen atoms in total. The van der Waals surface area contributed by atoms with E-state index in [1.54, 1.807) is 59.7 Å². The lowest BCUT2D eigenvalue weighted by Gasteiger charge is -2.25. The molecule has 34 heavy (non-hydrogen) atoms. The maximum absolute atomic E-state index is 12.8. The molecule has 2 rings (SSSR count). The number of rotatable bonds is 8. The van der Waals surface area contributed by atoms with E-state index in [9.17, 15) is 19.2 Å². The normalized spacial score (nSPS) is 14.1. The Hall–Kier alpha value is -3.50. The van der Waals surface area contributed by atoms with E-state index < -0.39 is 42.6 Å². The van der Waals surface area contributed by atoms with E-state index in [4.69, 9.17) is 23.7 Å². The van der Waals surface area contributed by atoms with E-state index in [-0.39, 0.29) is 18.5 Å². The van der Waals surface area contributed by atoms with Crippen molar-refractivity contribution in [3.05, 3.63) is 23.8 Å². The highest BCUT2D eigenvalue weighted by molar-refractivity contribution is 6.01. The molecule has 1 unspecified atom stereocenters. The number of ketones is 1. The van der Waals surface area contributed by atoms with Crippen molar-refractivity contribution in [2.75, 3.05) is 20.6 Å². The molecule has 0 aromatic heterocycles. The molecule has 2 atom stereocenters. The van der Waals surface area contributed by atoms with Crippen molar-refractivity contribution >= 4 is 23.9 Å². The number of hydrogen-bond acceptors (Lipinski definition) is 9. The van der Waals surface area contributed by atoms with Gasteiger partial charge in [0.2, 0.25) is 13.6 Å². The highest BCUT2D eigenvalue weighted by Gasteiger charge is 2.30. The summed E-state index contributed by atoms with van der Waals surface area (Å²) < 4.78 is 25.6. The Balaban J connectivity index is 1.87. The van der Waals surface area contributed by atoms with Crippen LogP contribution in [-0.4, -0.2) is 67.2 Å². The molecule has 0 saturated carbocycles. The molecule has 11 heteroatoms. The molecule has 1 aromatic rings. The standard InChI is InChI=1S/C23H32N2O9/c1-13(2)18(24-21(28)34-23(4,5)6)20(27)32-12-33-22(29)25(7)14(3)19(26)15-8-9-16-17(10-15)31-11-30-16/h8-10,13-14,18H,11-12H2,1-7H3,(H,24,28)/t14?,18-/m0/s1. The van der Waals surface area contributed by atoms with Gasteiger partial charge in [-0.2, -0.15) is 0 Å². The second-order valence-electron chi connectivity index (χ2n) is 9.08. The molecule has 0 aliphatic carbocycles. The highest BCUT2D eigenvalue weighted by atomic mass is 16.7. The third-order valence-corrected chi connectivity index (χ3v) is 4.88. The average Bonchev–Trinajstić information content (AvgIpc) is 3.22. The van der Waals surface area contributed by atoms with Crippen LogP contribution >= 0.6 is 0 Å². The number of carbonyl (C=O) groups is 4. The summed E-state index contributed by atoms with van der Waals surface area (Å²) in [6.45, 7) is 9.46. The van der Waals surface area contributed by atoms with Crippen molar-refractivity contribution in [3.63, 3.8) is 0 Å². The van der Waals surface area contributed by atoms with Gasteiger partial charge in [0.1, 0.15) is 11.6 Å². The summed E-state index contributed by atoms with van der Waals surface area (Å²) in [7, 11) is 1.39. The van der Waals surface area contributed by atoms with Crippen LogP contribution < -0.4 is 14.8 Å². The Kier molecular flexibility index (Phi) is 8.72. The first-order chi connectivity index (χ1) is 15.8. The Morgan fingerprint density at radius 2 is 1.71 bits per heavy atom. The summed E-state index contributed by atoms with van der Waals surface area (Å²) in [6.07, 6.45) is -1.63. The second-order valence-corrected chi connectivity index (χ2v) is 9.08. The number of hydrogen-bond donors (Lipinski definition) is 1. The molecular weight excluding hydrogens is 448 g/mol. The minimum Gasteiger partial charge on any atom is -0.454 e. The van der Waals surface area contributed by atoms with Gasteiger partial charge >= 0.3 is 18.2 Å². The number of benzene rings is 1. The number of amides is 2. The summed E-state index contributed by atoms with van der Waals surface area (Å²) in [6, 6.07) is 2.89. The first-order valence-corrected chi connectivity index (χ1v) is 10.8. The number of alkyl carbamates (subject to hydrolysis) is 1. The highest BCUT2D eigenvalue weighted by Crippen LogP contribution is 2.33.